The SMILES string of the molecule is C=C(C)COc1ccc(C(=O)NC[C@@H]2CCCCO2)cc1. The second-order valence-electron chi connectivity index (χ2n) is 5.47. The van der Waals surface area contributed by atoms with Crippen LogP contribution in [-0.4, -0.2) is 31.8 Å². The van der Waals surface area contributed by atoms with Gasteiger partial charge in [-0.2, -0.15) is 0 Å². The lowest BCUT2D eigenvalue weighted by molar-refractivity contribution is 0.0169. The zero-order chi connectivity index (χ0) is 15.1. The molecule has 1 fully saturated rings. The Morgan fingerprint density at radius 1 is 1.38 bits per heavy atom. The molecule has 21 heavy (non-hydrogen) atoms. The quantitative estimate of drug-likeness (QED) is 0.819. The molecule has 4 heteroatoms. The minimum atomic E-state index is -0.0735. The Labute approximate surface area is 126 Å². The maximum absolute atomic E-state index is 12.0. The molecule has 0 unspecified atom stereocenters. The fourth-order valence-corrected chi connectivity index (χ4v) is 2.19. The zero-order valence-corrected chi connectivity index (χ0v) is 12.6. The molecule has 1 amide bonds. The molecule has 0 aliphatic carbocycles. The van der Waals surface area contributed by atoms with Crippen LogP contribution in [0.4, 0.5) is 0 Å². The summed E-state index contributed by atoms with van der Waals surface area (Å²) in [5, 5.41) is 2.92. The molecule has 1 aliphatic rings. The van der Waals surface area contributed by atoms with Crippen molar-refractivity contribution in [2.45, 2.75) is 32.3 Å². The summed E-state index contributed by atoms with van der Waals surface area (Å²) in [6, 6.07) is 7.14. The van der Waals surface area contributed by atoms with E-state index >= 15 is 0 Å². The Kier molecular flexibility index (Phi) is 5.81. The van der Waals surface area contributed by atoms with Crippen molar-refractivity contribution in [2.24, 2.45) is 0 Å². The molecule has 4 nitrogen and oxygen atoms in total. The predicted octanol–water partition coefficient (Wildman–Crippen LogP) is 2.94. The Morgan fingerprint density at radius 2 is 2.14 bits per heavy atom. The molecule has 1 aromatic rings. The first-order chi connectivity index (χ1) is 10.1. The molecule has 0 bridgehead atoms. The van der Waals surface area contributed by atoms with Crippen LogP contribution >= 0.6 is 0 Å². The van der Waals surface area contributed by atoms with Crippen molar-refractivity contribution in [1.29, 1.82) is 0 Å². The van der Waals surface area contributed by atoms with Gasteiger partial charge in [0.2, 0.25) is 0 Å². The van der Waals surface area contributed by atoms with Crippen molar-refractivity contribution >= 4 is 5.91 Å². The fraction of sp³-hybridized carbons (Fsp3) is 0.471. The Hall–Kier alpha value is -1.81. The summed E-state index contributed by atoms with van der Waals surface area (Å²) in [7, 11) is 0. The molecular weight excluding hydrogens is 266 g/mol. The monoisotopic (exact) mass is 289 g/mol. The van der Waals surface area contributed by atoms with Gasteiger partial charge in [-0.15, -0.1) is 0 Å². The number of ether oxygens (including phenoxy) is 2. The third-order valence-corrected chi connectivity index (χ3v) is 3.37. The number of benzene rings is 1. The Bertz CT molecular complexity index is 475. The van der Waals surface area contributed by atoms with E-state index in [4.69, 9.17) is 9.47 Å². The number of rotatable bonds is 6. The minimum absolute atomic E-state index is 0.0735. The van der Waals surface area contributed by atoms with E-state index in [1.807, 2.05) is 6.92 Å². The molecule has 0 aromatic heterocycles. The maximum Gasteiger partial charge on any atom is 0.251 e. The summed E-state index contributed by atoms with van der Waals surface area (Å²) in [6.45, 7) is 7.56. The van der Waals surface area contributed by atoms with E-state index in [2.05, 4.69) is 11.9 Å². The van der Waals surface area contributed by atoms with Gasteiger partial charge in [-0.1, -0.05) is 6.58 Å². The van der Waals surface area contributed by atoms with Gasteiger partial charge in [0.05, 0.1) is 6.10 Å². The van der Waals surface area contributed by atoms with E-state index < -0.39 is 0 Å². The summed E-state index contributed by atoms with van der Waals surface area (Å²) in [5.74, 6) is 0.667. The van der Waals surface area contributed by atoms with Crippen LogP contribution in [0.5, 0.6) is 5.75 Å². The summed E-state index contributed by atoms with van der Waals surface area (Å²) >= 11 is 0. The largest absolute Gasteiger partial charge is 0.489 e. The van der Waals surface area contributed by atoms with Crippen LogP contribution in [0.1, 0.15) is 36.5 Å². The number of carbonyl (C=O) groups is 1. The average molecular weight is 289 g/mol. The summed E-state index contributed by atoms with van der Waals surface area (Å²) < 4.78 is 11.1. The van der Waals surface area contributed by atoms with E-state index in [9.17, 15) is 4.79 Å². The standard InChI is InChI=1S/C17H23NO3/c1-13(2)12-21-15-8-6-14(7-9-15)17(19)18-11-16-5-3-4-10-20-16/h6-9,16H,1,3-5,10-12H2,2H3,(H,18,19)/t16-/m0/s1. The number of nitrogens with one attached hydrogen (secondary N) is 1. The molecule has 1 aromatic carbocycles. The van der Waals surface area contributed by atoms with E-state index in [-0.39, 0.29) is 12.0 Å². The van der Waals surface area contributed by atoms with Crippen LogP contribution in [0.3, 0.4) is 0 Å². The summed E-state index contributed by atoms with van der Waals surface area (Å²) in [4.78, 5) is 12.0. The van der Waals surface area contributed by atoms with Gasteiger partial charge in [0, 0.05) is 18.7 Å². The number of hydrogen-bond acceptors (Lipinski definition) is 3. The third-order valence-electron chi connectivity index (χ3n) is 3.37. The van der Waals surface area contributed by atoms with Crippen molar-refractivity contribution in [3.63, 3.8) is 0 Å². The molecule has 1 heterocycles. The highest BCUT2D eigenvalue weighted by Gasteiger charge is 2.15. The molecular formula is C17H23NO3. The summed E-state index contributed by atoms with van der Waals surface area (Å²) in [5.41, 5.74) is 1.60. The molecule has 0 saturated carbocycles. The fourth-order valence-electron chi connectivity index (χ4n) is 2.19. The van der Waals surface area contributed by atoms with E-state index in [0.29, 0.717) is 18.7 Å². The normalized spacial score (nSPS) is 18.0. The minimum Gasteiger partial charge on any atom is -0.489 e. The molecule has 1 N–H and O–H groups in total. The predicted molar refractivity (Wildman–Crippen MR) is 82.7 cm³/mol. The third kappa shape index (κ3) is 5.23. The lowest BCUT2D eigenvalue weighted by Crippen LogP contribution is -2.35. The first-order valence-corrected chi connectivity index (χ1v) is 7.42. The molecule has 114 valence electrons. The van der Waals surface area contributed by atoms with Crippen molar-refractivity contribution in [2.75, 3.05) is 19.8 Å². The average Bonchev–Trinajstić information content (AvgIpc) is 2.52. The molecule has 1 aliphatic heterocycles. The molecule has 1 saturated heterocycles. The lowest BCUT2D eigenvalue weighted by atomic mass is 10.1. The Morgan fingerprint density at radius 3 is 2.76 bits per heavy atom. The molecule has 0 spiro atoms. The van der Waals surface area contributed by atoms with Gasteiger partial charge in [0.15, 0.2) is 0 Å². The van der Waals surface area contributed by atoms with Gasteiger partial charge < -0.3 is 14.8 Å². The smallest absolute Gasteiger partial charge is 0.251 e. The van der Waals surface area contributed by atoms with Crippen LogP contribution in [0.2, 0.25) is 0 Å². The van der Waals surface area contributed by atoms with Crippen molar-refractivity contribution in [3.05, 3.63) is 42.0 Å². The van der Waals surface area contributed by atoms with Gasteiger partial charge in [-0.05, 0) is 56.0 Å². The van der Waals surface area contributed by atoms with Gasteiger partial charge in [0.1, 0.15) is 12.4 Å². The van der Waals surface area contributed by atoms with E-state index in [1.165, 1.54) is 6.42 Å². The number of carbonyl (C=O) groups excluding carboxylic acids is 1. The van der Waals surface area contributed by atoms with Crippen molar-refractivity contribution < 1.29 is 14.3 Å². The second kappa shape index (κ2) is 7.84. The second-order valence-corrected chi connectivity index (χ2v) is 5.47. The van der Waals surface area contributed by atoms with Crippen molar-refractivity contribution in [3.8, 4) is 5.75 Å². The van der Waals surface area contributed by atoms with Gasteiger partial charge in [-0.3, -0.25) is 4.79 Å². The molecule has 0 radical (unpaired) electrons. The summed E-state index contributed by atoms with van der Waals surface area (Å²) in [6.07, 6.45) is 3.47. The first kappa shape index (κ1) is 15.6. The van der Waals surface area contributed by atoms with Crippen LogP contribution in [0, 0.1) is 0 Å². The molecule has 1 atom stereocenters. The maximum atomic E-state index is 12.0. The van der Waals surface area contributed by atoms with Crippen molar-refractivity contribution in [1.82, 2.24) is 5.32 Å². The number of amides is 1. The topological polar surface area (TPSA) is 47.6 Å². The van der Waals surface area contributed by atoms with E-state index in [0.717, 1.165) is 30.8 Å². The highest BCUT2D eigenvalue weighted by Crippen LogP contribution is 2.14. The van der Waals surface area contributed by atoms with Crippen LogP contribution < -0.4 is 10.1 Å². The number of hydrogen-bond donors (Lipinski definition) is 1. The van der Waals surface area contributed by atoms with Gasteiger partial charge in [0.25, 0.3) is 5.91 Å². The van der Waals surface area contributed by atoms with Gasteiger partial charge in [-0.25, -0.2) is 0 Å². The zero-order valence-electron chi connectivity index (χ0n) is 12.6. The lowest BCUT2D eigenvalue weighted by Gasteiger charge is -2.22. The van der Waals surface area contributed by atoms with Gasteiger partial charge >= 0.3 is 0 Å². The highest BCUT2D eigenvalue weighted by atomic mass is 16.5. The first-order valence-electron chi connectivity index (χ1n) is 7.42. The molecule has 2 rings (SSSR count). The highest BCUT2D eigenvalue weighted by molar-refractivity contribution is 5.94. The van der Waals surface area contributed by atoms with Crippen LogP contribution in [-0.2, 0) is 4.74 Å². The Balaban J connectivity index is 1.80. The van der Waals surface area contributed by atoms with Crippen LogP contribution in [0.15, 0.2) is 36.4 Å². The van der Waals surface area contributed by atoms with Crippen LogP contribution in [0.25, 0.3) is 0 Å². The van der Waals surface area contributed by atoms with E-state index in [1.54, 1.807) is 24.3 Å².